The van der Waals surface area contributed by atoms with Gasteiger partial charge in [0, 0.05) is 45.5 Å². The van der Waals surface area contributed by atoms with Crippen molar-refractivity contribution in [2.45, 2.75) is 104 Å². The third-order valence-electron chi connectivity index (χ3n) is 7.18. The molecule has 1 aromatic rings. The van der Waals surface area contributed by atoms with Gasteiger partial charge in [-0.15, -0.1) is 0 Å². The molecule has 0 atom stereocenters. The standard InChI is InChI=1S/C30H53IN4O/c1-27(2)26-34-21-23-35(24-22-34)29-18-17-28(25-33-29)30(36)32-20-16-14-12-10-8-6-4-3-5-7-9-11-13-15-19-31/h17-18,25,27H,3-16,19-24,26H2,1-2H3,(H,32,36). The molecule has 5 nitrogen and oxygen atoms in total. The van der Waals surface area contributed by atoms with Gasteiger partial charge in [0.1, 0.15) is 5.82 Å². The van der Waals surface area contributed by atoms with Gasteiger partial charge in [-0.25, -0.2) is 4.98 Å². The summed E-state index contributed by atoms with van der Waals surface area (Å²) in [5.41, 5.74) is 0.665. The molecular formula is C30H53IN4O. The lowest BCUT2D eigenvalue weighted by atomic mass is 10.0. The number of aromatic nitrogens is 1. The number of anilines is 1. The van der Waals surface area contributed by atoms with Crippen LogP contribution in [0.1, 0.15) is 114 Å². The predicted octanol–water partition coefficient (Wildman–Crippen LogP) is 7.49. The molecule has 1 fully saturated rings. The molecule has 0 radical (unpaired) electrons. The lowest BCUT2D eigenvalue weighted by Crippen LogP contribution is -2.47. The van der Waals surface area contributed by atoms with Crippen LogP contribution in [0.2, 0.25) is 0 Å². The highest BCUT2D eigenvalue weighted by Gasteiger charge is 2.18. The number of carbonyl (C=O) groups is 1. The number of pyridine rings is 1. The van der Waals surface area contributed by atoms with E-state index in [1.54, 1.807) is 6.20 Å². The summed E-state index contributed by atoms with van der Waals surface area (Å²) in [6.07, 6.45) is 20.8. The molecule has 0 unspecified atom stereocenters. The van der Waals surface area contributed by atoms with Gasteiger partial charge >= 0.3 is 0 Å². The summed E-state index contributed by atoms with van der Waals surface area (Å²) in [6.45, 7) is 10.7. The Labute approximate surface area is 235 Å². The molecule has 0 aliphatic carbocycles. The van der Waals surface area contributed by atoms with E-state index in [2.05, 4.69) is 56.5 Å². The molecule has 1 aliphatic heterocycles. The van der Waals surface area contributed by atoms with Crippen LogP contribution in [0.3, 0.4) is 0 Å². The van der Waals surface area contributed by atoms with Gasteiger partial charge in [-0.1, -0.05) is 113 Å². The van der Waals surface area contributed by atoms with Crippen molar-refractivity contribution in [2.24, 2.45) is 5.92 Å². The van der Waals surface area contributed by atoms with Crippen LogP contribution in [0, 0.1) is 5.92 Å². The highest BCUT2D eigenvalue weighted by Crippen LogP contribution is 2.16. The van der Waals surface area contributed by atoms with E-state index in [1.165, 1.54) is 94.4 Å². The number of alkyl halides is 1. The van der Waals surface area contributed by atoms with Crippen LogP contribution in [0.4, 0.5) is 5.82 Å². The highest BCUT2D eigenvalue weighted by atomic mass is 127. The van der Waals surface area contributed by atoms with Gasteiger partial charge in [0.05, 0.1) is 5.56 Å². The fourth-order valence-electron chi connectivity index (χ4n) is 5.03. The Morgan fingerprint density at radius 2 is 1.36 bits per heavy atom. The van der Waals surface area contributed by atoms with E-state index < -0.39 is 0 Å². The first-order valence-electron chi connectivity index (χ1n) is 14.9. The van der Waals surface area contributed by atoms with Crippen molar-refractivity contribution < 1.29 is 4.79 Å². The number of hydrogen-bond donors (Lipinski definition) is 1. The fraction of sp³-hybridized carbons (Fsp3) is 0.800. The molecule has 0 saturated carbocycles. The Balaban J connectivity index is 1.43. The van der Waals surface area contributed by atoms with Crippen LogP contribution in [-0.4, -0.2) is 59.5 Å². The first kappa shape index (κ1) is 31.3. The van der Waals surface area contributed by atoms with Gasteiger partial charge in [-0.2, -0.15) is 0 Å². The summed E-state index contributed by atoms with van der Waals surface area (Å²) in [6, 6.07) is 3.92. The minimum Gasteiger partial charge on any atom is -0.354 e. The molecule has 0 spiro atoms. The Morgan fingerprint density at radius 3 is 1.83 bits per heavy atom. The summed E-state index contributed by atoms with van der Waals surface area (Å²) in [7, 11) is 0. The van der Waals surface area contributed by atoms with E-state index in [-0.39, 0.29) is 5.91 Å². The van der Waals surface area contributed by atoms with Gasteiger partial charge in [0.2, 0.25) is 0 Å². The molecular weight excluding hydrogens is 559 g/mol. The molecule has 1 aromatic heterocycles. The van der Waals surface area contributed by atoms with E-state index in [4.69, 9.17) is 0 Å². The molecule has 206 valence electrons. The maximum atomic E-state index is 12.5. The lowest BCUT2D eigenvalue weighted by molar-refractivity contribution is 0.0952. The molecule has 36 heavy (non-hydrogen) atoms. The van der Waals surface area contributed by atoms with Crippen molar-refractivity contribution >= 4 is 34.3 Å². The SMILES string of the molecule is CC(C)CN1CCN(c2ccc(C(=O)NCCCCCCCCCCCCCCCCI)cn2)CC1. The minimum atomic E-state index is 0.000747. The smallest absolute Gasteiger partial charge is 0.252 e. The third kappa shape index (κ3) is 14.2. The van der Waals surface area contributed by atoms with Crippen molar-refractivity contribution in [2.75, 3.05) is 48.6 Å². The van der Waals surface area contributed by atoms with E-state index in [9.17, 15) is 4.79 Å². The summed E-state index contributed by atoms with van der Waals surface area (Å²) in [5, 5.41) is 3.07. The maximum Gasteiger partial charge on any atom is 0.252 e. The number of rotatable bonds is 20. The van der Waals surface area contributed by atoms with Crippen LogP contribution < -0.4 is 10.2 Å². The zero-order valence-corrected chi connectivity index (χ0v) is 25.4. The van der Waals surface area contributed by atoms with Gasteiger partial charge in [0.15, 0.2) is 0 Å². The lowest BCUT2D eigenvalue weighted by Gasteiger charge is -2.36. The highest BCUT2D eigenvalue weighted by molar-refractivity contribution is 14.1. The number of halogens is 1. The number of unbranched alkanes of at least 4 members (excludes halogenated alkanes) is 13. The van der Waals surface area contributed by atoms with Crippen molar-refractivity contribution in [1.29, 1.82) is 0 Å². The van der Waals surface area contributed by atoms with Crippen LogP contribution in [-0.2, 0) is 0 Å². The molecule has 0 aromatic carbocycles. The van der Waals surface area contributed by atoms with Crippen LogP contribution in [0.5, 0.6) is 0 Å². The normalized spacial score (nSPS) is 14.5. The third-order valence-corrected chi connectivity index (χ3v) is 7.94. The van der Waals surface area contributed by atoms with E-state index >= 15 is 0 Å². The second kappa shape index (κ2) is 20.1. The van der Waals surface area contributed by atoms with Gasteiger partial charge in [-0.3, -0.25) is 9.69 Å². The molecule has 6 heteroatoms. The van der Waals surface area contributed by atoms with E-state index in [0.29, 0.717) is 11.5 Å². The van der Waals surface area contributed by atoms with Crippen LogP contribution in [0.15, 0.2) is 18.3 Å². The van der Waals surface area contributed by atoms with Crippen molar-refractivity contribution in [3.05, 3.63) is 23.9 Å². The van der Waals surface area contributed by atoms with Crippen molar-refractivity contribution in [3.8, 4) is 0 Å². The number of hydrogen-bond acceptors (Lipinski definition) is 4. The number of nitrogens with zero attached hydrogens (tertiary/aromatic N) is 3. The zero-order chi connectivity index (χ0) is 25.8. The topological polar surface area (TPSA) is 48.5 Å². The quantitative estimate of drug-likeness (QED) is 0.0942. The van der Waals surface area contributed by atoms with E-state index in [0.717, 1.165) is 45.0 Å². The molecule has 2 heterocycles. The molecule has 1 aliphatic rings. The summed E-state index contributed by atoms with van der Waals surface area (Å²) in [4.78, 5) is 21.9. The largest absolute Gasteiger partial charge is 0.354 e. The summed E-state index contributed by atoms with van der Waals surface area (Å²) in [5.74, 6) is 1.69. The van der Waals surface area contributed by atoms with Crippen molar-refractivity contribution in [1.82, 2.24) is 15.2 Å². The van der Waals surface area contributed by atoms with Gasteiger partial charge in [0.25, 0.3) is 5.91 Å². The Kier molecular flexibility index (Phi) is 17.5. The van der Waals surface area contributed by atoms with Crippen LogP contribution in [0.25, 0.3) is 0 Å². The molecule has 0 bridgehead atoms. The fourth-order valence-corrected chi connectivity index (χ4v) is 5.57. The monoisotopic (exact) mass is 612 g/mol. The average molecular weight is 613 g/mol. The number of carbonyl (C=O) groups excluding carboxylic acids is 1. The van der Waals surface area contributed by atoms with Crippen molar-refractivity contribution in [3.63, 3.8) is 0 Å². The van der Waals surface area contributed by atoms with Crippen LogP contribution >= 0.6 is 22.6 Å². The second-order valence-electron chi connectivity index (χ2n) is 11.0. The number of piperazine rings is 1. The number of amides is 1. The second-order valence-corrected chi connectivity index (χ2v) is 12.1. The average Bonchev–Trinajstić information content (AvgIpc) is 2.88. The molecule has 1 N–H and O–H groups in total. The first-order valence-corrected chi connectivity index (χ1v) is 16.4. The van der Waals surface area contributed by atoms with Gasteiger partial charge < -0.3 is 10.2 Å². The first-order chi connectivity index (χ1) is 17.6. The zero-order valence-electron chi connectivity index (χ0n) is 23.3. The maximum absolute atomic E-state index is 12.5. The van der Waals surface area contributed by atoms with Gasteiger partial charge in [-0.05, 0) is 35.3 Å². The number of nitrogens with one attached hydrogen (secondary N) is 1. The summed E-state index contributed by atoms with van der Waals surface area (Å²) >= 11 is 2.48. The summed E-state index contributed by atoms with van der Waals surface area (Å²) < 4.78 is 1.32. The molecule has 1 saturated heterocycles. The van der Waals surface area contributed by atoms with E-state index in [1.807, 2.05) is 12.1 Å². The Bertz CT molecular complexity index is 674. The minimum absolute atomic E-state index is 0.000747. The molecule has 2 rings (SSSR count). The predicted molar refractivity (Wildman–Crippen MR) is 164 cm³/mol. The Hall–Kier alpha value is -0.890. The molecule has 1 amide bonds. The Morgan fingerprint density at radius 1 is 0.833 bits per heavy atom.